The van der Waals surface area contributed by atoms with E-state index in [1.54, 1.807) is 7.11 Å². The molecular formula is C34H45N3O3S. The van der Waals surface area contributed by atoms with Gasteiger partial charge in [0.25, 0.3) is 5.91 Å². The minimum Gasteiger partial charge on any atom is -0.501 e. The summed E-state index contributed by atoms with van der Waals surface area (Å²) in [5.74, 6) is 2.81. The van der Waals surface area contributed by atoms with Gasteiger partial charge in [-0.15, -0.1) is 0 Å². The molecule has 0 atom stereocenters. The third-order valence-electron chi connectivity index (χ3n) is 8.08. The summed E-state index contributed by atoms with van der Waals surface area (Å²) in [7, 11) is 1.67. The molecule has 0 unspecified atom stereocenters. The van der Waals surface area contributed by atoms with Crippen molar-refractivity contribution < 1.29 is 14.3 Å². The minimum atomic E-state index is -0.521. The lowest BCUT2D eigenvalue weighted by atomic mass is 9.98. The molecule has 0 bridgehead atoms. The Morgan fingerprint density at radius 3 is 2.56 bits per heavy atom. The summed E-state index contributed by atoms with van der Waals surface area (Å²) < 4.78 is 15.1. The molecule has 1 aliphatic heterocycles. The Kier molecular flexibility index (Phi) is 10.6. The third-order valence-corrected chi connectivity index (χ3v) is 9.00. The second-order valence-corrected chi connectivity index (χ2v) is 11.9. The van der Waals surface area contributed by atoms with Gasteiger partial charge in [0, 0.05) is 33.7 Å². The van der Waals surface area contributed by atoms with Gasteiger partial charge in [0.1, 0.15) is 17.1 Å². The lowest BCUT2D eigenvalue weighted by Gasteiger charge is -2.23. The third kappa shape index (κ3) is 7.00. The number of carbonyl (C=O) groups is 1. The van der Waals surface area contributed by atoms with Gasteiger partial charge < -0.3 is 14.2 Å². The number of aliphatic imine (C=N–C) groups is 1. The zero-order valence-corrected chi connectivity index (χ0v) is 26.2. The highest BCUT2D eigenvalue weighted by molar-refractivity contribution is 7.97. The monoisotopic (exact) mass is 575 g/mol. The molecule has 4 rings (SSSR count). The number of hydrogen-bond acceptors (Lipinski definition) is 6. The smallest absolute Gasteiger partial charge is 0.256 e. The SMILES string of the molecule is C=C(NSc1ccccc1-c1ccc(CN2C(=O)C3(CCCC3)N=C2CCCC)cc1OCCC)/C(C)=C(/C)OC. The van der Waals surface area contributed by atoms with Gasteiger partial charge in [0.15, 0.2) is 0 Å². The Morgan fingerprint density at radius 2 is 1.85 bits per heavy atom. The Morgan fingerprint density at radius 1 is 1.10 bits per heavy atom. The largest absolute Gasteiger partial charge is 0.501 e. The Labute approximate surface area is 250 Å². The van der Waals surface area contributed by atoms with Crippen molar-refractivity contribution in [3.8, 4) is 16.9 Å². The number of carbonyl (C=O) groups excluding carboxylic acids is 1. The molecule has 1 spiro atoms. The van der Waals surface area contributed by atoms with Crippen LogP contribution in [-0.2, 0) is 16.1 Å². The second-order valence-electron chi connectivity index (χ2n) is 11.0. The molecule has 41 heavy (non-hydrogen) atoms. The molecule has 1 amide bonds. The van der Waals surface area contributed by atoms with Crippen molar-refractivity contribution in [1.82, 2.24) is 9.62 Å². The number of allylic oxidation sites excluding steroid dienone is 2. The van der Waals surface area contributed by atoms with Crippen molar-refractivity contribution in [2.75, 3.05) is 13.7 Å². The summed E-state index contributed by atoms with van der Waals surface area (Å²) in [6, 6.07) is 14.7. The molecule has 1 saturated carbocycles. The predicted molar refractivity (Wildman–Crippen MR) is 170 cm³/mol. The van der Waals surface area contributed by atoms with E-state index >= 15 is 0 Å². The molecule has 2 aromatic rings. The van der Waals surface area contributed by atoms with E-state index in [2.05, 4.69) is 55.5 Å². The number of nitrogens with one attached hydrogen (secondary N) is 1. The van der Waals surface area contributed by atoms with Gasteiger partial charge in [-0.05, 0) is 69.2 Å². The second kappa shape index (κ2) is 14.1. The lowest BCUT2D eigenvalue weighted by molar-refractivity contribution is -0.131. The first-order valence-electron chi connectivity index (χ1n) is 14.9. The first-order valence-corrected chi connectivity index (χ1v) is 15.7. The molecule has 0 saturated heterocycles. The zero-order chi connectivity index (χ0) is 29.4. The number of hydrogen-bond donors (Lipinski definition) is 1. The maximum Gasteiger partial charge on any atom is 0.256 e. The van der Waals surface area contributed by atoms with Gasteiger partial charge in [0.05, 0.1) is 26.0 Å². The van der Waals surface area contributed by atoms with E-state index in [0.29, 0.717) is 13.2 Å². The van der Waals surface area contributed by atoms with E-state index < -0.39 is 5.54 Å². The number of ether oxygens (including phenoxy) is 2. The van der Waals surface area contributed by atoms with Crippen LogP contribution in [-0.4, -0.2) is 35.9 Å². The Hall–Kier alpha value is -3.19. The van der Waals surface area contributed by atoms with Crippen molar-refractivity contribution >= 4 is 23.7 Å². The molecule has 6 nitrogen and oxygen atoms in total. The van der Waals surface area contributed by atoms with Gasteiger partial charge >= 0.3 is 0 Å². The van der Waals surface area contributed by atoms with Crippen LogP contribution in [0.5, 0.6) is 5.75 Å². The van der Waals surface area contributed by atoms with Crippen LogP contribution in [0.1, 0.15) is 84.6 Å². The number of benzene rings is 2. The molecule has 2 aromatic carbocycles. The molecule has 220 valence electrons. The van der Waals surface area contributed by atoms with Crippen LogP contribution >= 0.6 is 11.9 Å². The molecule has 0 radical (unpaired) electrons. The molecule has 1 fully saturated rings. The van der Waals surface area contributed by atoms with Crippen LogP contribution in [0, 0.1) is 0 Å². The van der Waals surface area contributed by atoms with Gasteiger partial charge in [-0.1, -0.05) is 70.0 Å². The molecule has 1 aliphatic carbocycles. The highest BCUT2D eigenvalue weighted by atomic mass is 32.2. The number of amidine groups is 1. The van der Waals surface area contributed by atoms with E-state index in [4.69, 9.17) is 14.5 Å². The van der Waals surface area contributed by atoms with Crippen molar-refractivity contribution in [3.63, 3.8) is 0 Å². The number of amides is 1. The van der Waals surface area contributed by atoms with E-state index in [1.165, 1.54) is 11.9 Å². The first kappa shape index (κ1) is 30.8. The van der Waals surface area contributed by atoms with Crippen molar-refractivity contribution in [2.24, 2.45) is 4.99 Å². The van der Waals surface area contributed by atoms with Crippen LogP contribution in [0.15, 0.2) is 76.0 Å². The topological polar surface area (TPSA) is 63.2 Å². The van der Waals surface area contributed by atoms with E-state index in [9.17, 15) is 4.79 Å². The van der Waals surface area contributed by atoms with Crippen LogP contribution in [0.4, 0.5) is 0 Å². The van der Waals surface area contributed by atoms with Crippen molar-refractivity contribution in [2.45, 2.75) is 96.0 Å². The summed E-state index contributed by atoms with van der Waals surface area (Å²) in [5.41, 5.74) is 4.42. The fourth-order valence-electron chi connectivity index (χ4n) is 5.44. The van der Waals surface area contributed by atoms with Crippen molar-refractivity contribution in [1.29, 1.82) is 0 Å². The first-order chi connectivity index (χ1) is 19.8. The Balaban J connectivity index is 1.61. The molecule has 1 N–H and O–H groups in total. The summed E-state index contributed by atoms with van der Waals surface area (Å²) >= 11 is 1.52. The van der Waals surface area contributed by atoms with E-state index in [1.807, 2.05) is 30.9 Å². The van der Waals surface area contributed by atoms with Gasteiger partial charge in [-0.25, -0.2) is 0 Å². The van der Waals surface area contributed by atoms with Crippen LogP contribution in [0.2, 0.25) is 0 Å². The number of nitrogens with zero attached hydrogens (tertiary/aromatic N) is 2. The van der Waals surface area contributed by atoms with Gasteiger partial charge in [-0.2, -0.15) is 0 Å². The predicted octanol–water partition coefficient (Wildman–Crippen LogP) is 8.44. The van der Waals surface area contributed by atoms with Crippen LogP contribution in [0.3, 0.4) is 0 Å². The normalized spacial score (nSPS) is 16.6. The van der Waals surface area contributed by atoms with E-state index in [-0.39, 0.29) is 5.91 Å². The molecule has 2 aliphatic rings. The number of rotatable bonds is 14. The van der Waals surface area contributed by atoms with Crippen molar-refractivity contribution in [3.05, 3.63) is 71.6 Å². The quantitative estimate of drug-likeness (QED) is 0.139. The average molecular weight is 576 g/mol. The van der Waals surface area contributed by atoms with E-state index in [0.717, 1.165) is 102 Å². The van der Waals surface area contributed by atoms with Gasteiger partial charge in [-0.3, -0.25) is 14.7 Å². The summed E-state index contributed by atoms with van der Waals surface area (Å²) in [6.45, 7) is 13.5. The zero-order valence-electron chi connectivity index (χ0n) is 25.3. The number of unbranched alkanes of at least 4 members (excludes halogenated alkanes) is 1. The number of methoxy groups -OCH3 is 1. The maximum atomic E-state index is 13.7. The van der Waals surface area contributed by atoms with Gasteiger partial charge in [0.2, 0.25) is 0 Å². The fraction of sp³-hybridized carbons (Fsp3) is 0.471. The van der Waals surface area contributed by atoms with Crippen LogP contribution in [0.25, 0.3) is 11.1 Å². The highest BCUT2D eigenvalue weighted by Gasteiger charge is 2.49. The minimum absolute atomic E-state index is 0.183. The highest BCUT2D eigenvalue weighted by Crippen LogP contribution is 2.41. The molecule has 1 heterocycles. The summed E-state index contributed by atoms with van der Waals surface area (Å²) in [4.78, 5) is 21.8. The molecule has 0 aromatic heterocycles. The fourth-order valence-corrected chi connectivity index (χ4v) is 6.26. The lowest BCUT2D eigenvalue weighted by Crippen LogP contribution is -2.40. The summed E-state index contributed by atoms with van der Waals surface area (Å²) in [5, 5.41) is 0. The Bertz CT molecular complexity index is 1310. The average Bonchev–Trinajstić information content (AvgIpc) is 3.57. The molecule has 7 heteroatoms. The summed E-state index contributed by atoms with van der Waals surface area (Å²) in [6.07, 6.45) is 7.78. The molecular weight excluding hydrogens is 530 g/mol. The standard InChI is InChI=1S/C34H45N3O3S/c1-7-9-16-32-35-34(19-12-13-20-34)33(38)37(32)23-27-17-18-28(30(22-27)40-21-8-2)29-14-10-11-15-31(29)41-36-25(4)24(3)26(5)39-6/h10-11,14-15,17-18,22,36H,4,7-9,12-13,16,19-21,23H2,1-3,5-6H3/b26-24-. The maximum absolute atomic E-state index is 13.7. The van der Waals surface area contributed by atoms with Crippen LogP contribution < -0.4 is 9.46 Å².